The maximum Gasteiger partial charge on any atom is 0.350 e. The first-order valence-electron chi connectivity index (χ1n) is 5.77. The molecule has 0 saturated carbocycles. The number of hydrogen-bond donors (Lipinski definition) is 0. The molecule has 0 spiro atoms. The first-order valence-corrected chi connectivity index (χ1v) is 6.56. The number of benzene rings is 1. The maximum atomic E-state index is 11.9. The zero-order valence-electron chi connectivity index (χ0n) is 10.5. The van der Waals surface area contributed by atoms with Crippen molar-refractivity contribution in [3.8, 4) is 5.75 Å². The summed E-state index contributed by atoms with van der Waals surface area (Å²) >= 11 is 3.40. The van der Waals surface area contributed by atoms with Gasteiger partial charge in [0.1, 0.15) is 5.69 Å². The van der Waals surface area contributed by atoms with E-state index in [1.54, 1.807) is 26.0 Å². The fourth-order valence-electron chi connectivity index (χ4n) is 2.00. The molecule has 0 amide bonds. The predicted octanol–water partition coefficient (Wildman–Crippen LogP) is 2.67. The summed E-state index contributed by atoms with van der Waals surface area (Å²) in [6, 6.07) is 3.39. The molecule has 5 nitrogen and oxygen atoms in total. The van der Waals surface area contributed by atoms with E-state index in [4.69, 9.17) is 9.47 Å². The van der Waals surface area contributed by atoms with Crippen molar-refractivity contribution in [1.29, 1.82) is 0 Å². The number of carbonyl (C=O) groups is 1. The Hall–Kier alpha value is -1.65. The fraction of sp³-hybridized carbons (Fsp3) is 0.385. The second kappa shape index (κ2) is 5.15. The zero-order chi connectivity index (χ0) is 14.0. The van der Waals surface area contributed by atoms with E-state index in [9.17, 15) is 9.59 Å². The molecule has 0 N–H and O–H groups in total. The molecule has 1 aromatic carbocycles. The van der Waals surface area contributed by atoms with Gasteiger partial charge in [0, 0.05) is 16.5 Å². The van der Waals surface area contributed by atoms with Crippen molar-refractivity contribution in [3.05, 3.63) is 22.2 Å². The van der Waals surface area contributed by atoms with Gasteiger partial charge in [-0.1, -0.05) is 15.9 Å². The Bertz CT molecular complexity index is 580. The monoisotopic (exact) mass is 325 g/mol. The number of ether oxygens (including phenoxy) is 2. The average Bonchev–Trinajstić information content (AvgIpc) is 2.74. The van der Waals surface area contributed by atoms with Gasteiger partial charge < -0.3 is 9.47 Å². The zero-order valence-corrected chi connectivity index (χ0v) is 12.1. The van der Waals surface area contributed by atoms with Gasteiger partial charge >= 0.3 is 5.97 Å². The highest BCUT2D eigenvalue weighted by Gasteiger charge is 2.45. The van der Waals surface area contributed by atoms with Gasteiger partial charge in [-0.2, -0.15) is 4.99 Å². The summed E-state index contributed by atoms with van der Waals surface area (Å²) in [5.41, 5.74) is 0.0725. The Morgan fingerprint density at radius 2 is 2.37 bits per heavy atom. The number of isocyanates is 1. The minimum absolute atomic E-state index is 0.286. The molecule has 0 fully saturated rings. The number of nitrogens with zero attached hydrogens (tertiary/aromatic N) is 1. The smallest absolute Gasteiger partial charge is 0.350 e. The summed E-state index contributed by atoms with van der Waals surface area (Å²) < 4.78 is 11.5. The number of fused-ring (bicyclic) bond motifs is 1. The molecule has 1 aliphatic rings. The Morgan fingerprint density at radius 1 is 1.63 bits per heavy atom. The molecule has 1 unspecified atom stereocenters. The summed E-state index contributed by atoms with van der Waals surface area (Å²) in [7, 11) is 0. The molecule has 0 radical (unpaired) electrons. The molecule has 1 heterocycles. The highest BCUT2D eigenvalue weighted by atomic mass is 79.9. The lowest BCUT2D eigenvalue weighted by Gasteiger charge is -2.21. The molecule has 2 rings (SSSR count). The van der Waals surface area contributed by atoms with Crippen molar-refractivity contribution in [2.45, 2.75) is 25.9 Å². The van der Waals surface area contributed by atoms with Crippen LogP contribution >= 0.6 is 15.9 Å². The predicted molar refractivity (Wildman–Crippen MR) is 71.3 cm³/mol. The van der Waals surface area contributed by atoms with E-state index in [1.165, 1.54) is 6.08 Å². The van der Waals surface area contributed by atoms with Crippen molar-refractivity contribution in [1.82, 2.24) is 0 Å². The minimum Gasteiger partial charge on any atom is -0.473 e. The lowest BCUT2D eigenvalue weighted by molar-refractivity contribution is -0.158. The first-order chi connectivity index (χ1) is 9.01. The molecule has 0 bridgehead atoms. The third kappa shape index (κ3) is 2.41. The van der Waals surface area contributed by atoms with Crippen LogP contribution in [0.3, 0.4) is 0 Å². The SMILES string of the molecule is CCOC(=O)C1(C)Cc2c(Br)ccc(N=C=O)c2O1. The van der Waals surface area contributed by atoms with E-state index >= 15 is 0 Å². The number of halogens is 1. The van der Waals surface area contributed by atoms with Crippen LogP contribution in [0.25, 0.3) is 0 Å². The van der Waals surface area contributed by atoms with E-state index in [0.717, 1.165) is 10.0 Å². The number of carbonyl (C=O) groups excluding carboxylic acids is 2. The lowest BCUT2D eigenvalue weighted by atomic mass is 9.99. The molecule has 6 heteroatoms. The van der Waals surface area contributed by atoms with Gasteiger partial charge in [-0.05, 0) is 26.0 Å². The second-order valence-electron chi connectivity index (χ2n) is 4.31. The van der Waals surface area contributed by atoms with Crippen LogP contribution in [0.1, 0.15) is 19.4 Å². The molecular formula is C13H12BrNO4. The van der Waals surface area contributed by atoms with Gasteiger partial charge in [-0.3, -0.25) is 0 Å². The molecule has 19 heavy (non-hydrogen) atoms. The molecule has 1 atom stereocenters. The van der Waals surface area contributed by atoms with Gasteiger partial charge in [0.05, 0.1) is 6.61 Å². The highest BCUT2D eigenvalue weighted by Crippen LogP contribution is 2.45. The lowest BCUT2D eigenvalue weighted by Crippen LogP contribution is -2.41. The van der Waals surface area contributed by atoms with Crippen LogP contribution in [0.5, 0.6) is 5.75 Å². The van der Waals surface area contributed by atoms with Crippen molar-refractivity contribution in [2.24, 2.45) is 4.99 Å². The van der Waals surface area contributed by atoms with Crippen LogP contribution < -0.4 is 4.74 Å². The summed E-state index contributed by atoms with van der Waals surface area (Å²) in [4.78, 5) is 25.9. The largest absolute Gasteiger partial charge is 0.473 e. The van der Waals surface area contributed by atoms with Gasteiger partial charge in [-0.25, -0.2) is 9.59 Å². The van der Waals surface area contributed by atoms with E-state index in [0.29, 0.717) is 17.9 Å². The van der Waals surface area contributed by atoms with Crippen LogP contribution in [0.4, 0.5) is 5.69 Å². The number of esters is 1. The van der Waals surface area contributed by atoms with Crippen LogP contribution in [-0.4, -0.2) is 24.3 Å². The molecular weight excluding hydrogens is 314 g/mol. The standard InChI is InChI=1S/C13H12BrNO4/c1-3-18-12(17)13(2)6-8-9(14)4-5-10(15-7-16)11(8)19-13/h4-5H,3,6H2,1-2H3. The third-order valence-electron chi connectivity index (χ3n) is 2.90. The summed E-state index contributed by atoms with van der Waals surface area (Å²) in [5.74, 6) is -0.00703. The van der Waals surface area contributed by atoms with Gasteiger partial charge in [0.2, 0.25) is 11.7 Å². The maximum absolute atomic E-state index is 11.9. The number of aliphatic imine (C=N–C) groups is 1. The number of hydrogen-bond acceptors (Lipinski definition) is 5. The molecule has 1 aromatic rings. The third-order valence-corrected chi connectivity index (χ3v) is 3.64. The van der Waals surface area contributed by atoms with E-state index in [-0.39, 0.29) is 6.61 Å². The van der Waals surface area contributed by atoms with Gasteiger partial charge in [0.25, 0.3) is 0 Å². The second-order valence-corrected chi connectivity index (χ2v) is 5.16. The number of rotatable bonds is 3. The first kappa shape index (κ1) is 13.8. The van der Waals surface area contributed by atoms with Crippen LogP contribution in [-0.2, 0) is 20.7 Å². The summed E-state index contributed by atoms with van der Waals surface area (Å²) in [5, 5.41) is 0. The van der Waals surface area contributed by atoms with E-state index in [2.05, 4.69) is 20.9 Å². The fourth-order valence-corrected chi connectivity index (χ4v) is 2.46. The Labute approximate surface area is 118 Å². The molecule has 100 valence electrons. The van der Waals surface area contributed by atoms with Crippen LogP contribution in [0.15, 0.2) is 21.6 Å². The Morgan fingerprint density at radius 3 is 3.00 bits per heavy atom. The molecule has 1 aliphatic heterocycles. The molecule has 0 saturated heterocycles. The highest BCUT2D eigenvalue weighted by molar-refractivity contribution is 9.10. The van der Waals surface area contributed by atoms with Crippen molar-refractivity contribution in [2.75, 3.05) is 6.61 Å². The van der Waals surface area contributed by atoms with Crippen molar-refractivity contribution in [3.63, 3.8) is 0 Å². The van der Waals surface area contributed by atoms with E-state index < -0.39 is 11.6 Å². The normalized spacial score (nSPS) is 20.2. The quantitative estimate of drug-likeness (QED) is 0.487. The molecule has 0 aromatic heterocycles. The van der Waals surface area contributed by atoms with Crippen LogP contribution in [0, 0.1) is 0 Å². The summed E-state index contributed by atoms with van der Waals surface area (Å²) in [6.07, 6.45) is 1.84. The minimum atomic E-state index is -1.09. The van der Waals surface area contributed by atoms with Crippen LogP contribution in [0.2, 0.25) is 0 Å². The average molecular weight is 326 g/mol. The Balaban J connectivity index is 2.43. The molecule has 0 aliphatic carbocycles. The topological polar surface area (TPSA) is 65.0 Å². The van der Waals surface area contributed by atoms with Crippen molar-refractivity contribution >= 4 is 33.7 Å². The van der Waals surface area contributed by atoms with Crippen molar-refractivity contribution < 1.29 is 19.1 Å². The Kier molecular flexibility index (Phi) is 3.73. The van der Waals surface area contributed by atoms with E-state index in [1.807, 2.05) is 0 Å². The van der Waals surface area contributed by atoms with Gasteiger partial charge in [0.15, 0.2) is 5.75 Å². The van der Waals surface area contributed by atoms with Gasteiger partial charge in [-0.15, -0.1) is 0 Å². The summed E-state index contributed by atoms with van der Waals surface area (Å²) in [6.45, 7) is 3.68.